The minimum absolute atomic E-state index is 0.0864. The first-order chi connectivity index (χ1) is 13.9. The lowest BCUT2D eigenvalue weighted by Gasteiger charge is -2.19. The van der Waals surface area contributed by atoms with Crippen LogP contribution in [0.25, 0.3) is 0 Å². The summed E-state index contributed by atoms with van der Waals surface area (Å²) in [5.41, 5.74) is 3.43. The van der Waals surface area contributed by atoms with E-state index in [1.807, 2.05) is 31.2 Å². The summed E-state index contributed by atoms with van der Waals surface area (Å²) in [4.78, 5) is 12.5. The number of aryl methyl sites for hydroxylation is 2. The van der Waals surface area contributed by atoms with E-state index in [1.54, 1.807) is 6.92 Å². The molecular formula is C25H35NO3. The molecule has 0 radical (unpaired) electrons. The maximum Gasteiger partial charge on any atom is 0.260 e. The first-order valence-corrected chi connectivity index (χ1v) is 10.7. The fourth-order valence-electron chi connectivity index (χ4n) is 3.16. The van der Waals surface area contributed by atoms with Crippen LogP contribution in [0.15, 0.2) is 42.5 Å². The number of nitrogens with one attached hydrogen (secondary N) is 1. The molecule has 0 heterocycles. The Morgan fingerprint density at radius 2 is 1.83 bits per heavy atom. The number of benzene rings is 2. The summed E-state index contributed by atoms with van der Waals surface area (Å²) in [6, 6.07) is 14.3. The molecule has 4 heteroatoms. The molecule has 0 aromatic heterocycles. The molecule has 0 aliphatic rings. The van der Waals surface area contributed by atoms with E-state index in [4.69, 9.17) is 9.47 Å². The lowest BCUT2D eigenvalue weighted by Crippen LogP contribution is -2.37. The highest BCUT2D eigenvalue weighted by Gasteiger charge is 2.17. The van der Waals surface area contributed by atoms with Crippen molar-refractivity contribution in [1.29, 1.82) is 0 Å². The van der Waals surface area contributed by atoms with E-state index in [1.165, 1.54) is 5.56 Å². The van der Waals surface area contributed by atoms with E-state index >= 15 is 0 Å². The summed E-state index contributed by atoms with van der Waals surface area (Å²) in [5.74, 6) is 2.00. The van der Waals surface area contributed by atoms with E-state index in [0.29, 0.717) is 12.5 Å². The van der Waals surface area contributed by atoms with E-state index in [9.17, 15) is 4.79 Å². The molecule has 0 fully saturated rings. The van der Waals surface area contributed by atoms with E-state index in [2.05, 4.69) is 44.3 Å². The molecule has 2 rings (SSSR count). The Morgan fingerprint density at radius 3 is 2.55 bits per heavy atom. The Kier molecular flexibility index (Phi) is 9.04. The van der Waals surface area contributed by atoms with Gasteiger partial charge < -0.3 is 14.8 Å². The molecule has 0 aliphatic heterocycles. The molecule has 4 nitrogen and oxygen atoms in total. The van der Waals surface area contributed by atoms with Crippen molar-refractivity contribution in [3.63, 3.8) is 0 Å². The summed E-state index contributed by atoms with van der Waals surface area (Å²) in [6.07, 6.45) is 2.17. The van der Waals surface area contributed by atoms with Gasteiger partial charge in [0.05, 0.1) is 6.61 Å². The normalized spacial score (nSPS) is 11.9. The van der Waals surface area contributed by atoms with Crippen molar-refractivity contribution in [2.75, 3.05) is 13.2 Å². The van der Waals surface area contributed by atoms with Crippen LogP contribution in [0.3, 0.4) is 0 Å². The molecule has 0 saturated carbocycles. The second-order valence-corrected chi connectivity index (χ2v) is 7.81. The van der Waals surface area contributed by atoms with Crippen LogP contribution in [0, 0.1) is 6.92 Å². The predicted molar refractivity (Wildman–Crippen MR) is 119 cm³/mol. The third-order valence-electron chi connectivity index (χ3n) is 4.82. The van der Waals surface area contributed by atoms with Crippen LogP contribution >= 0.6 is 0 Å². The maximum atomic E-state index is 12.5. The number of carbonyl (C=O) groups is 1. The van der Waals surface area contributed by atoms with Gasteiger partial charge in [0.15, 0.2) is 6.10 Å². The van der Waals surface area contributed by atoms with E-state index in [0.717, 1.165) is 48.5 Å². The van der Waals surface area contributed by atoms with Gasteiger partial charge in [-0.2, -0.15) is 0 Å². The molecule has 2 aromatic rings. The highest BCUT2D eigenvalue weighted by atomic mass is 16.5. The first-order valence-electron chi connectivity index (χ1n) is 10.7. The molecule has 1 amide bonds. The molecule has 0 unspecified atom stereocenters. The minimum atomic E-state index is -0.533. The molecule has 29 heavy (non-hydrogen) atoms. The zero-order valence-corrected chi connectivity index (χ0v) is 18.5. The zero-order valence-electron chi connectivity index (χ0n) is 18.5. The van der Waals surface area contributed by atoms with Gasteiger partial charge in [0, 0.05) is 6.54 Å². The molecule has 1 atom stereocenters. The van der Waals surface area contributed by atoms with Crippen LogP contribution in [-0.2, 0) is 11.2 Å². The summed E-state index contributed by atoms with van der Waals surface area (Å²) in [5, 5.41) is 2.99. The van der Waals surface area contributed by atoms with Gasteiger partial charge in [0.1, 0.15) is 11.5 Å². The quantitative estimate of drug-likeness (QED) is 0.515. The van der Waals surface area contributed by atoms with Crippen molar-refractivity contribution in [3.8, 4) is 11.5 Å². The Hall–Kier alpha value is -2.49. The monoisotopic (exact) mass is 397 g/mol. The first kappa shape index (κ1) is 22.8. The number of hydrogen-bond acceptors (Lipinski definition) is 3. The van der Waals surface area contributed by atoms with E-state index in [-0.39, 0.29) is 5.91 Å². The molecule has 1 N–H and O–H groups in total. The molecular weight excluding hydrogens is 362 g/mol. The Morgan fingerprint density at radius 1 is 1.07 bits per heavy atom. The van der Waals surface area contributed by atoms with Gasteiger partial charge in [-0.3, -0.25) is 4.79 Å². The second kappa shape index (κ2) is 11.5. The number of ether oxygens (including phenoxy) is 2. The van der Waals surface area contributed by atoms with Gasteiger partial charge in [-0.15, -0.1) is 0 Å². The summed E-state index contributed by atoms with van der Waals surface area (Å²) >= 11 is 0. The Balaban J connectivity index is 1.84. The van der Waals surface area contributed by atoms with Crippen LogP contribution in [0.1, 0.15) is 63.1 Å². The van der Waals surface area contributed by atoms with Gasteiger partial charge in [-0.1, -0.05) is 51.1 Å². The van der Waals surface area contributed by atoms with Crippen molar-refractivity contribution >= 4 is 5.91 Å². The van der Waals surface area contributed by atoms with Gasteiger partial charge in [0.25, 0.3) is 5.91 Å². The minimum Gasteiger partial charge on any atom is -0.493 e. The van der Waals surface area contributed by atoms with Crippen molar-refractivity contribution in [3.05, 3.63) is 59.2 Å². The summed E-state index contributed by atoms with van der Waals surface area (Å²) in [7, 11) is 0. The third kappa shape index (κ3) is 7.12. The van der Waals surface area contributed by atoms with Crippen LogP contribution in [-0.4, -0.2) is 25.2 Å². The molecule has 2 aromatic carbocycles. The predicted octanol–water partition coefficient (Wildman–Crippen LogP) is 5.42. The van der Waals surface area contributed by atoms with Crippen molar-refractivity contribution in [2.45, 2.75) is 65.9 Å². The molecule has 0 spiro atoms. The largest absolute Gasteiger partial charge is 0.493 e. The Labute approximate surface area is 175 Å². The highest BCUT2D eigenvalue weighted by Crippen LogP contribution is 2.28. The topological polar surface area (TPSA) is 47.6 Å². The van der Waals surface area contributed by atoms with Crippen LogP contribution in [0.5, 0.6) is 11.5 Å². The fourth-order valence-corrected chi connectivity index (χ4v) is 3.16. The lowest BCUT2D eigenvalue weighted by molar-refractivity contribution is -0.127. The molecule has 0 bridgehead atoms. The highest BCUT2D eigenvalue weighted by molar-refractivity contribution is 5.80. The SMILES string of the molecule is CCCOc1ccccc1CCCNC(=O)[C@@H](C)Oc1cc(C)ccc1C(C)C. The van der Waals surface area contributed by atoms with Crippen molar-refractivity contribution in [2.24, 2.45) is 0 Å². The average molecular weight is 398 g/mol. The number of hydrogen-bond donors (Lipinski definition) is 1. The van der Waals surface area contributed by atoms with Crippen molar-refractivity contribution in [1.82, 2.24) is 5.32 Å². The smallest absolute Gasteiger partial charge is 0.260 e. The van der Waals surface area contributed by atoms with Gasteiger partial charge in [-0.05, 0) is 67.9 Å². The number of para-hydroxylation sites is 1. The lowest BCUT2D eigenvalue weighted by atomic mass is 10.0. The fraction of sp³-hybridized carbons (Fsp3) is 0.480. The van der Waals surface area contributed by atoms with E-state index < -0.39 is 6.10 Å². The van der Waals surface area contributed by atoms with Gasteiger partial charge in [-0.25, -0.2) is 0 Å². The Bertz CT molecular complexity index is 785. The zero-order chi connectivity index (χ0) is 21.2. The van der Waals surface area contributed by atoms with Crippen LogP contribution < -0.4 is 14.8 Å². The molecule has 0 aliphatic carbocycles. The standard InChI is InChI=1S/C25H35NO3/c1-6-16-28-23-12-8-7-10-21(23)11-9-15-26-25(27)20(5)29-24-17-19(4)13-14-22(24)18(2)3/h7-8,10,12-14,17-18,20H,6,9,11,15-16H2,1-5H3,(H,26,27)/t20-/m1/s1. The molecule has 158 valence electrons. The average Bonchev–Trinajstić information content (AvgIpc) is 2.70. The maximum absolute atomic E-state index is 12.5. The third-order valence-corrected chi connectivity index (χ3v) is 4.82. The van der Waals surface area contributed by atoms with Crippen LogP contribution in [0.4, 0.5) is 0 Å². The summed E-state index contributed by atoms with van der Waals surface area (Å²) < 4.78 is 11.8. The van der Waals surface area contributed by atoms with Crippen LogP contribution in [0.2, 0.25) is 0 Å². The summed E-state index contributed by atoms with van der Waals surface area (Å²) in [6.45, 7) is 11.5. The number of amides is 1. The second-order valence-electron chi connectivity index (χ2n) is 7.81. The van der Waals surface area contributed by atoms with Crippen molar-refractivity contribution < 1.29 is 14.3 Å². The van der Waals surface area contributed by atoms with Gasteiger partial charge >= 0.3 is 0 Å². The number of carbonyl (C=O) groups excluding carboxylic acids is 1. The molecule has 0 saturated heterocycles. The number of rotatable bonds is 11. The van der Waals surface area contributed by atoms with Gasteiger partial charge in [0.2, 0.25) is 0 Å².